The fraction of sp³-hybridized carbons (Fsp3) is 0.267. The number of phenols is 1. The molecule has 0 aromatic heterocycles. The van der Waals surface area contributed by atoms with Crippen molar-refractivity contribution in [1.29, 1.82) is 0 Å². The molecule has 0 saturated heterocycles. The Kier molecular flexibility index (Phi) is 4.27. The van der Waals surface area contributed by atoms with Crippen molar-refractivity contribution in [2.24, 2.45) is 0 Å². The van der Waals surface area contributed by atoms with Crippen molar-refractivity contribution in [3.63, 3.8) is 0 Å². The summed E-state index contributed by atoms with van der Waals surface area (Å²) in [5.41, 5.74) is 3.55. The van der Waals surface area contributed by atoms with E-state index in [1.54, 1.807) is 19.9 Å². The van der Waals surface area contributed by atoms with Gasteiger partial charge in [0.05, 0.1) is 0 Å². The molecule has 0 amide bonds. The molecule has 0 atom stereocenters. The molecule has 1 N–H and O–H groups in total. The van der Waals surface area contributed by atoms with Crippen molar-refractivity contribution in [3.8, 4) is 5.75 Å². The Labute approximate surface area is 102 Å². The number of aromatic hydroxyl groups is 1. The maximum absolute atomic E-state index is 11.2. The van der Waals surface area contributed by atoms with E-state index >= 15 is 0 Å². The van der Waals surface area contributed by atoms with Crippen LogP contribution in [-0.4, -0.2) is 10.9 Å². The van der Waals surface area contributed by atoms with Crippen LogP contribution in [-0.2, 0) is 4.79 Å². The Morgan fingerprint density at radius 3 is 2.41 bits per heavy atom. The second-order valence-corrected chi connectivity index (χ2v) is 4.13. The van der Waals surface area contributed by atoms with Crippen molar-refractivity contribution in [2.75, 3.05) is 0 Å². The van der Waals surface area contributed by atoms with E-state index in [1.807, 2.05) is 38.1 Å². The van der Waals surface area contributed by atoms with Crippen molar-refractivity contribution in [1.82, 2.24) is 0 Å². The molecule has 90 valence electrons. The summed E-state index contributed by atoms with van der Waals surface area (Å²) in [6.45, 7) is 7.15. The first kappa shape index (κ1) is 13.2. The average molecular weight is 230 g/mol. The number of hydrogen-bond acceptors (Lipinski definition) is 2. The number of hydrogen-bond donors (Lipinski definition) is 1. The van der Waals surface area contributed by atoms with Crippen LogP contribution in [0.25, 0.3) is 5.57 Å². The van der Waals surface area contributed by atoms with E-state index in [-0.39, 0.29) is 11.5 Å². The predicted octanol–water partition coefficient (Wildman–Crippen LogP) is 3.64. The minimum Gasteiger partial charge on any atom is -0.508 e. The highest BCUT2D eigenvalue weighted by Crippen LogP contribution is 2.23. The summed E-state index contributed by atoms with van der Waals surface area (Å²) in [4.78, 5) is 11.2. The van der Waals surface area contributed by atoms with Crippen LogP contribution in [0.1, 0.15) is 31.9 Å². The van der Waals surface area contributed by atoms with E-state index in [4.69, 9.17) is 0 Å². The highest BCUT2D eigenvalue weighted by Gasteiger charge is 2.03. The zero-order chi connectivity index (χ0) is 13.0. The number of benzene rings is 1. The summed E-state index contributed by atoms with van der Waals surface area (Å²) in [5, 5.41) is 9.48. The standard InChI is InChI=1S/C15H18O2/c1-5-13(8-10(2)12(4)16)14-6-7-15(17)11(3)9-14/h5-9,17H,1-4H3/b10-8-,13-5?. The fourth-order valence-electron chi connectivity index (χ4n) is 1.50. The first-order chi connectivity index (χ1) is 7.95. The Morgan fingerprint density at radius 1 is 1.29 bits per heavy atom. The van der Waals surface area contributed by atoms with E-state index in [2.05, 4.69) is 0 Å². The van der Waals surface area contributed by atoms with Gasteiger partial charge in [-0.1, -0.05) is 12.1 Å². The Bertz CT molecular complexity index is 494. The number of carbonyl (C=O) groups excluding carboxylic acids is 1. The number of phenolic OH excluding ortho intramolecular Hbond substituents is 1. The lowest BCUT2D eigenvalue weighted by molar-refractivity contribution is -0.113. The third-order valence-corrected chi connectivity index (χ3v) is 2.77. The lowest BCUT2D eigenvalue weighted by Crippen LogP contribution is -1.92. The maximum atomic E-state index is 11.2. The number of allylic oxidation sites excluding steroid dienone is 4. The molecule has 0 heterocycles. The summed E-state index contributed by atoms with van der Waals surface area (Å²) >= 11 is 0. The smallest absolute Gasteiger partial charge is 0.155 e. The molecule has 1 aromatic carbocycles. The topological polar surface area (TPSA) is 37.3 Å². The SMILES string of the molecule is CC=C(/C=C(/C)C(C)=O)c1ccc(O)c(C)c1. The van der Waals surface area contributed by atoms with Crippen molar-refractivity contribution >= 4 is 11.4 Å². The Hall–Kier alpha value is -1.83. The lowest BCUT2D eigenvalue weighted by atomic mass is 10.00. The fourth-order valence-corrected chi connectivity index (χ4v) is 1.50. The van der Waals surface area contributed by atoms with Gasteiger partial charge in [-0.3, -0.25) is 4.79 Å². The molecule has 0 aliphatic carbocycles. The first-order valence-corrected chi connectivity index (χ1v) is 5.61. The second-order valence-electron chi connectivity index (χ2n) is 4.13. The van der Waals surface area contributed by atoms with Gasteiger partial charge < -0.3 is 5.11 Å². The van der Waals surface area contributed by atoms with E-state index in [0.717, 1.165) is 22.3 Å². The van der Waals surface area contributed by atoms with Gasteiger partial charge in [0.2, 0.25) is 0 Å². The normalized spacial score (nSPS) is 12.7. The number of rotatable bonds is 3. The molecule has 1 rings (SSSR count). The van der Waals surface area contributed by atoms with Gasteiger partial charge >= 0.3 is 0 Å². The van der Waals surface area contributed by atoms with Crippen molar-refractivity contribution in [2.45, 2.75) is 27.7 Å². The van der Waals surface area contributed by atoms with E-state index in [0.29, 0.717) is 0 Å². The van der Waals surface area contributed by atoms with Gasteiger partial charge in [-0.05, 0) is 68.2 Å². The van der Waals surface area contributed by atoms with Crippen molar-refractivity contribution in [3.05, 3.63) is 47.1 Å². The molecule has 0 aliphatic heterocycles. The van der Waals surface area contributed by atoms with Crippen molar-refractivity contribution < 1.29 is 9.90 Å². The summed E-state index contributed by atoms with van der Waals surface area (Å²) in [5.74, 6) is 0.358. The van der Waals surface area contributed by atoms with Crippen LogP contribution in [0.5, 0.6) is 5.75 Å². The number of carbonyl (C=O) groups is 1. The third kappa shape index (κ3) is 3.31. The molecule has 0 saturated carbocycles. The summed E-state index contributed by atoms with van der Waals surface area (Å²) < 4.78 is 0. The molecule has 17 heavy (non-hydrogen) atoms. The molecule has 0 aliphatic rings. The molecule has 2 nitrogen and oxygen atoms in total. The van der Waals surface area contributed by atoms with Gasteiger partial charge in [0.1, 0.15) is 5.75 Å². The molecule has 2 heteroatoms. The number of ketones is 1. The minimum atomic E-state index is 0.0693. The van der Waals surface area contributed by atoms with Gasteiger partial charge in [0.25, 0.3) is 0 Å². The van der Waals surface area contributed by atoms with Crippen LogP contribution < -0.4 is 0 Å². The lowest BCUT2D eigenvalue weighted by Gasteiger charge is -2.06. The highest BCUT2D eigenvalue weighted by molar-refractivity contribution is 5.95. The molecule has 0 bridgehead atoms. The van der Waals surface area contributed by atoms with E-state index < -0.39 is 0 Å². The molecular formula is C15H18O2. The van der Waals surface area contributed by atoms with Gasteiger partial charge in [-0.25, -0.2) is 0 Å². The Balaban J connectivity index is 3.16. The van der Waals surface area contributed by atoms with E-state index in [9.17, 15) is 9.90 Å². The maximum Gasteiger partial charge on any atom is 0.155 e. The number of aryl methyl sites for hydroxylation is 1. The van der Waals surface area contributed by atoms with Crippen LogP contribution in [0.15, 0.2) is 35.9 Å². The first-order valence-electron chi connectivity index (χ1n) is 5.61. The van der Waals surface area contributed by atoms with Crippen LogP contribution in [0, 0.1) is 6.92 Å². The summed E-state index contributed by atoms with van der Waals surface area (Å²) in [6.07, 6.45) is 3.83. The monoisotopic (exact) mass is 230 g/mol. The molecular weight excluding hydrogens is 212 g/mol. The zero-order valence-electron chi connectivity index (χ0n) is 10.7. The number of Topliss-reactive ketones (excluding diaryl/α,β-unsaturated/α-hetero) is 1. The second kappa shape index (κ2) is 5.48. The van der Waals surface area contributed by atoms with Crippen LogP contribution >= 0.6 is 0 Å². The molecule has 1 aromatic rings. The van der Waals surface area contributed by atoms with Gasteiger partial charge in [0.15, 0.2) is 5.78 Å². The Morgan fingerprint density at radius 2 is 1.94 bits per heavy atom. The van der Waals surface area contributed by atoms with Crippen LogP contribution in [0.3, 0.4) is 0 Å². The minimum absolute atomic E-state index is 0.0693. The van der Waals surface area contributed by atoms with Gasteiger partial charge in [-0.15, -0.1) is 0 Å². The quantitative estimate of drug-likeness (QED) is 0.636. The summed E-state index contributed by atoms with van der Waals surface area (Å²) in [7, 11) is 0. The van der Waals surface area contributed by atoms with Crippen LogP contribution in [0.4, 0.5) is 0 Å². The molecule has 0 unspecified atom stereocenters. The molecule has 0 spiro atoms. The highest BCUT2D eigenvalue weighted by atomic mass is 16.3. The molecule has 0 radical (unpaired) electrons. The van der Waals surface area contributed by atoms with Gasteiger partial charge in [0, 0.05) is 0 Å². The summed E-state index contributed by atoms with van der Waals surface area (Å²) in [6, 6.07) is 5.43. The van der Waals surface area contributed by atoms with E-state index in [1.165, 1.54) is 0 Å². The van der Waals surface area contributed by atoms with Gasteiger partial charge in [-0.2, -0.15) is 0 Å². The predicted molar refractivity (Wildman–Crippen MR) is 70.9 cm³/mol. The zero-order valence-corrected chi connectivity index (χ0v) is 10.7. The third-order valence-electron chi connectivity index (χ3n) is 2.77. The molecule has 0 fully saturated rings. The average Bonchev–Trinajstić information content (AvgIpc) is 2.29. The largest absolute Gasteiger partial charge is 0.508 e. The van der Waals surface area contributed by atoms with Crippen LogP contribution in [0.2, 0.25) is 0 Å².